The normalized spacial score (nSPS) is 18.7. The Kier molecular flexibility index (Phi) is 6.39. The van der Waals surface area contributed by atoms with E-state index in [4.69, 9.17) is 9.47 Å². The maximum absolute atomic E-state index is 12.1. The van der Waals surface area contributed by atoms with E-state index in [1.807, 2.05) is 37.8 Å². The van der Waals surface area contributed by atoms with Crippen molar-refractivity contribution in [3.63, 3.8) is 0 Å². The first kappa shape index (κ1) is 17.7. The van der Waals surface area contributed by atoms with Gasteiger partial charge in [0.15, 0.2) is 0 Å². The van der Waals surface area contributed by atoms with E-state index >= 15 is 0 Å². The molecule has 5 nitrogen and oxygen atoms in total. The van der Waals surface area contributed by atoms with Crippen LogP contribution in [0.2, 0.25) is 0 Å². The summed E-state index contributed by atoms with van der Waals surface area (Å²) in [4.78, 5) is 18.0. The number of rotatable bonds is 5. The van der Waals surface area contributed by atoms with Crippen LogP contribution in [0.1, 0.15) is 45.6 Å². The molecule has 1 atom stereocenters. The summed E-state index contributed by atoms with van der Waals surface area (Å²) in [5, 5.41) is 0. The average Bonchev–Trinajstić information content (AvgIpc) is 2.51. The Balaban J connectivity index is 1.68. The van der Waals surface area contributed by atoms with Crippen molar-refractivity contribution in [3.8, 4) is 0 Å². The first-order valence-corrected chi connectivity index (χ1v) is 8.38. The molecule has 128 valence electrons. The van der Waals surface area contributed by atoms with Gasteiger partial charge in [-0.15, -0.1) is 0 Å². The number of carbonyl (C=O) groups excluding carboxylic acids is 1. The standard InChI is InChI=1S/C18H28N2O3/c1-18(2,3)23-17(21)20-11-4-5-15(13-20)8-12-22-14-16-6-9-19-10-7-16/h6-7,9-10,15H,4-5,8,11-14H2,1-3H3. The van der Waals surface area contributed by atoms with E-state index in [0.717, 1.165) is 44.5 Å². The van der Waals surface area contributed by atoms with Crippen LogP contribution in [0.5, 0.6) is 0 Å². The van der Waals surface area contributed by atoms with Crippen LogP contribution in [0.4, 0.5) is 4.79 Å². The molecule has 0 saturated carbocycles. The van der Waals surface area contributed by atoms with Gasteiger partial charge in [0.25, 0.3) is 0 Å². The van der Waals surface area contributed by atoms with E-state index in [2.05, 4.69) is 4.98 Å². The summed E-state index contributed by atoms with van der Waals surface area (Å²) in [6.45, 7) is 8.61. The molecule has 0 bridgehead atoms. The van der Waals surface area contributed by atoms with E-state index in [9.17, 15) is 4.79 Å². The maximum Gasteiger partial charge on any atom is 0.410 e. The molecule has 0 radical (unpaired) electrons. The van der Waals surface area contributed by atoms with Crippen molar-refractivity contribution in [2.24, 2.45) is 5.92 Å². The Labute approximate surface area is 139 Å². The first-order valence-electron chi connectivity index (χ1n) is 8.38. The highest BCUT2D eigenvalue weighted by molar-refractivity contribution is 5.68. The number of hydrogen-bond donors (Lipinski definition) is 0. The molecular weight excluding hydrogens is 292 g/mol. The van der Waals surface area contributed by atoms with Crippen LogP contribution in [-0.4, -0.2) is 41.3 Å². The second kappa shape index (κ2) is 8.29. The maximum atomic E-state index is 12.1. The molecule has 2 rings (SSSR count). The molecule has 1 unspecified atom stereocenters. The Morgan fingerprint density at radius 1 is 1.35 bits per heavy atom. The molecule has 1 aliphatic heterocycles. The Hall–Kier alpha value is -1.62. The second-order valence-electron chi connectivity index (χ2n) is 7.13. The smallest absolute Gasteiger partial charge is 0.410 e. The van der Waals surface area contributed by atoms with Crippen LogP contribution in [0.25, 0.3) is 0 Å². The predicted molar refractivity (Wildman–Crippen MR) is 89.0 cm³/mol. The van der Waals surface area contributed by atoms with Crippen molar-refractivity contribution >= 4 is 6.09 Å². The van der Waals surface area contributed by atoms with Crippen molar-refractivity contribution < 1.29 is 14.3 Å². The zero-order chi connectivity index (χ0) is 16.7. The quantitative estimate of drug-likeness (QED) is 0.777. The number of hydrogen-bond acceptors (Lipinski definition) is 4. The summed E-state index contributed by atoms with van der Waals surface area (Å²) >= 11 is 0. The van der Waals surface area contributed by atoms with Gasteiger partial charge in [0.05, 0.1) is 6.61 Å². The van der Waals surface area contributed by atoms with E-state index in [-0.39, 0.29) is 6.09 Å². The monoisotopic (exact) mass is 320 g/mol. The van der Waals surface area contributed by atoms with Crippen LogP contribution in [-0.2, 0) is 16.1 Å². The average molecular weight is 320 g/mol. The van der Waals surface area contributed by atoms with Crippen molar-refractivity contribution in [2.75, 3.05) is 19.7 Å². The Morgan fingerprint density at radius 2 is 2.09 bits per heavy atom. The fourth-order valence-corrected chi connectivity index (χ4v) is 2.71. The third kappa shape index (κ3) is 6.57. The number of ether oxygens (including phenoxy) is 2. The molecule has 0 aliphatic carbocycles. The number of likely N-dealkylation sites (tertiary alicyclic amines) is 1. The van der Waals surface area contributed by atoms with Crippen molar-refractivity contribution in [1.82, 2.24) is 9.88 Å². The summed E-state index contributed by atoms with van der Waals surface area (Å²) in [7, 11) is 0. The van der Waals surface area contributed by atoms with E-state index in [0.29, 0.717) is 12.5 Å². The van der Waals surface area contributed by atoms with Gasteiger partial charge < -0.3 is 14.4 Å². The summed E-state index contributed by atoms with van der Waals surface area (Å²) in [5.74, 6) is 0.494. The van der Waals surface area contributed by atoms with Gasteiger partial charge in [0.2, 0.25) is 0 Å². The van der Waals surface area contributed by atoms with E-state index in [1.165, 1.54) is 0 Å². The molecule has 0 aromatic carbocycles. The molecule has 1 saturated heterocycles. The van der Waals surface area contributed by atoms with Crippen LogP contribution >= 0.6 is 0 Å². The van der Waals surface area contributed by atoms with Crippen LogP contribution in [0.15, 0.2) is 24.5 Å². The SMILES string of the molecule is CC(C)(C)OC(=O)N1CCCC(CCOCc2ccncc2)C1. The highest BCUT2D eigenvalue weighted by Gasteiger charge is 2.27. The molecule has 1 amide bonds. The lowest BCUT2D eigenvalue weighted by atomic mass is 9.95. The molecule has 1 fully saturated rings. The second-order valence-corrected chi connectivity index (χ2v) is 7.13. The molecule has 0 N–H and O–H groups in total. The summed E-state index contributed by atoms with van der Waals surface area (Å²) in [6, 6.07) is 3.93. The largest absolute Gasteiger partial charge is 0.444 e. The lowest BCUT2D eigenvalue weighted by molar-refractivity contribution is 0.0136. The highest BCUT2D eigenvalue weighted by Crippen LogP contribution is 2.21. The molecule has 23 heavy (non-hydrogen) atoms. The number of amides is 1. The molecule has 2 heterocycles. The lowest BCUT2D eigenvalue weighted by Gasteiger charge is -2.34. The van der Waals surface area contributed by atoms with E-state index < -0.39 is 5.60 Å². The molecule has 1 aliphatic rings. The molecular formula is C18H28N2O3. The fourth-order valence-electron chi connectivity index (χ4n) is 2.71. The minimum absolute atomic E-state index is 0.195. The molecule has 0 spiro atoms. The molecule has 1 aromatic rings. The highest BCUT2D eigenvalue weighted by atomic mass is 16.6. The lowest BCUT2D eigenvalue weighted by Crippen LogP contribution is -2.43. The van der Waals surface area contributed by atoms with Crippen LogP contribution in [0.3, 0.4) is 0 Å². The predicted octanol–water partition coefficient (Wildman–Crippen LogP) is 3.64. The van der Waals surface area contributed by atoms with Gasteiger partial charge in [0.1, 0.15) is 5.60 Å². The topological polar surface area (TPSA) is 51.7 Å². The van der Waals surface area contributed by atoms with Gasteiger partial charge >= 0.3 is 6.09 Å². The van der Waals surface area contributed by atoms with Gasteiger partial charge in [-0.2, -0.15) is 0 Å². The Bertz CT molecular complexity index is 485. The number of pyridine rings is 1. The third-order valence-corrected chi connectivity index (χ3v) is 3.86. The summed E-state index contributed by atoms with van der Waals surface area (Å²) in [6.07, 6.45) is 6.52. The first-order chi connectivity index (χ1) is 10.9. The minimum atomic E-state index is -0.433. The summed E-state index contributed by atoms with van der Waals surface area (Å²) in [5.41, 5.74) is 0.705. The van der Waals surface area contributed by atoms with Crippen molar-refractivity contribution in [3.05, 3.63) is 30.1 Å². The third-order valence-electron chi connectivity index (χ3n) is 3.86. The van der Waals surface area contributed by atoms with Gasteiger partial charge in [-0.1, -0.05) is 0 Å². The van der Waals surface area contributed by atoms with Gasteiger partial charge in [-0.3, -0.25) is 4.98 Å². The van der Waals surface area contributed by atoms with Crippen LogP contribution < -0.4 is 0 Å². The zero-order valence-corrected chi connectivity index (χ0v) is 14.5. The summed E-state index contributed by atoms with van der Waals surface area (Å²) < 4.78 is 11.2. The van der Waals surface area contributed by atoms with Gasteiger partial charge in [0, 0.05) is 32.1 Å². The molecule has 1 aromatic heterocycles. The number of aromatic nitrogens is 1. The minimum Gasteiger partial charge on any atom is -0.444 e. The number of piperidine rings is 1. The van der Waals surface area contributed by atoms with Crippen molar-refractivity contribution in [2.45, 2.75) is 52.2 Å². The zero-order valence-electron chi connectivity index (χ0n) is 14.5. The van der Waals surface area contributed by atoms with Gasteiger partial charge in [-0.05, 0) is 63.6 Å². The Morgan fingerprint density at radius 3 is 2.78 bits per heavy atom. The van der Waals surface area contributed by atoms with Gasteiger partial charge in [-0.25, -0.2) is 4.79 Å². The molecule has 5 heteroatoms. The number of nitrogens with zero attached hydrogens (tertiary/aromatic N) is 2. The fraction of sp³-hybridized carbons (Fsp3) is 0.667. The number of carbonyl (C=O) groups is 1. The van der Waals surface area contributed by atoms with Crippen molar-refractivity contribution in [1.29, 1.82) is 0 Å². The van der Waals surface area contributed by atoms with Crippen LogP contribution in [0, 0.1) is 5.92 Å². The van der Waals surface area contributed by atoms with E-state index in [1.54, 1.807) is 12.4 Å².